The lowest BCUT2D eigenvalue weighted by atomic mass is 10.2. The fourth-order valence-electron chi connectivity index (χ4n) is 2.81. The number of nitrogens with zero attached hydrogens (tertiary/aromatic N) is 2. The minimum Gasteiger partial charge on any atom is -0.481 e. The molecule has 116 valence electrons. The number of thioether (sulfide) groups is 2. The third-order valence-electron chi connectivity index (χ3n) is 4.20. The molecular formula is C13H18N2O4S2. The van der Waals surface area contributed by atoms with E-state index in [0.717, 1.165) is 24.6 Å². The van der Waals surface area contributed by atoms with E-state index in [1.807, 2.05) is 16.7 Å². The zero-order valence-corrected chi connectivity index (χ0v) is 13.2. The van der Waals surface area contributed by atoms with Crippen molar-refractivity contribution in [1.82, 2.24) is 9.80 Å². The van der Waals surface area contributed by atoms with Gasteiger partial charge >= 0.3 is 5.97 Å². The summed E-state index contributed by atoms with van der Waals surface area (Å²) in [4.78, 5) is 39.3. The zero-order chi connectivity index (χ0) is 15.0. The quantitative estimate of drug-likeness (QED) is 0.796. The number of rotatable bonds is 3. The summed E-state index contributed by atoms with van der Waals surface area (Å²) in [5, 5.41) is 8.94. The van der Waals surface area contributed by atoms with Crippen molar-refractivity contribution < 1.29 is 19.5 Å². The van der Waals surface area contributed by atoms with Gasteiger partial charge in [0.1, 0.15) is 6.04 Å². The van der Waals surface area contributed by atoms with E-state index in [4.69, 9.17) is 5.11 Å². The molecule has 0 radical (unpaired) electrons. The second kappa shape index (κ2) is 6.08. The number of hydrogen-bond acceptors (Lipinski definition) is 5. The highest BCUT2D eigenvalue weighted by Crippen LogP contribution is 2.41. The molecule has 3 fully saturated rings. The monoisotopic (exact) mass is 330 g/mol. The highest BCUT2D eigenvalue weighted by Gasteiger charge is 2.52. The minimum atomic E-state index is -0.906. The largest absolute Gasteiger partial charge is 0.481 e. The Hall–Kier alpha value is -0.890. The third-order valence-corrected chi connectivity index (χ3v) is 6.15. The number of carbonyl (C=O) groups is 3. The van der Waals surface area contributed by atoms with Crippen molar-refractivity contribution in [1.29, 1.82) is 0 Å². The van der Waals surface area contributed by atoms with Gasteiger partial charge in [-0.15, -0.1) is 11.8 Å². The van der Waals surface area contributed by atoms with E-state index in [9.17, 15) is 14.4 Å². The Morgan fingerprint density at radius 3 is 2.33 bits per heavy atom. The molecule has 8 heteroatoms. The zero-order valence-electron chi connectivity index (χ0n) is 11.6. The average Bonchev–Trinajstić information content (AvgIpc) is 3.16. The molecule has 0 aromatic carbocycles. The first-order chi connectivity index (χ1) is 10.1. The molecule has 1 saturated carbocycles. The van der Waals surface area contributed by atoms with Gasteiger partial charge in [-0.25, -0.2) is 0 Å². The highest BCUT2D eigenvalue weighted by atomic mass is 32.2. The normalized spacial score (nSPS) is 32.1. The lowest BCUT2D eigenvalue weighted by molar-refractivity contribution is -0.145. The molecule has 3 atom stereocenters. The molecule has 3 unspecified atom stereocenters. The molecular weight excluding hydrogens is 312 g/mol. The van der Waals surface area contributed by atoms with E-state index in [2.05, 4.69) is 0 Å². The first-order valence-electron chi connectivity index (χ1n) is 7.07. The molecule has 2 amide bonds. The highest BCUT2D eigenvalue weighted by molar-refractivity contribution is 7.99. The molecule has 2 aliphatic heterocycles. The van der Waals surface area contributed by atoms with Crippen LogP contribution in [0.3, 0.4) is 0 Å². The van der Waals surface area contributed by atoms with Crippen molar-refractivity contribution in [2.75, 3.05) is 36.2 Å². The van der Waals surface area contributed by atoms with Crippen molar-refractivity contribution in [2.45, 2.75) is 12.5 Å². The number of amides is 2. The standard InChI is InChI=1S/C13H18N2O4S2/c16-11(8-5-9(8)13(18)19)15-7-21-6-10(15)12(17)14-1-3-20-4-2-14/h8-10H,1-7H2,(H,18,19). The molecule has 1 aliphatic carbocycles. The Balaban J connectivity index is 1.63. The first kappa shape index (κ1) is 15.0. The Morgan fingerprint density at radius 1 is 1.00 bits per heavy atom. The van der Waals surface area contributed by atoms with Crippen molar-refractivity contribution >= 4 is 41.3 Å². The van der Waals surface area contributed by atoms with E-state index in [0.29, 0.717) is 18.1 Å². The number of carboxylic acid groups (broad SMARTS) is 1. The summed E-state index contributed by atoms with van der Waals surface area (Å²) in [6.45, 7) is 1.49. The van der Waals surface area contributed by atoms with Crippen LogP contribution in [0.2, 0.25) is 0 Å². The van der Waals surface area contributed by atoms with Gasteiger partial charge in [0, 0.05) is 30.3 Å². The van der Waals surface area contributed by atoms with Crippen LogP contribution in [-0.2, 0) is 14.4 Å². The maximum Gasteiger partial charge on any atom is 0.307 e. The maximum atomic E-state index is 12.6. The predicted octanol–water partition coefficient (Wildman–Crippen LogP) is 0.184. The fourth-order valence-corrected chi connectivity index (χ4v) is 4.87. The predicted molar refractivity (Wildman–Crippen MR) is 81.1 cm³/mol. The van der Waals surface area contributed by atoms with Crippen molar-refractivity contribution in [3.8, 4) is 0 Å². The Labute approximate surface area is 131 Å². The van der Waals surface area contributed by atoms with Crippen molar-refractivity contribution in [2.24, 2.45) is 11.8 Å². The lowest BCUT2D eigenvalue weighted by Crippen LogP contribution is -2.51. The van der Waals surface area contributed by atoms with Crippen LogP contribution in [0, 0.1) is 11.8 Å². The van der Waals surface area contributed by atoms with Crippen LogP contribution >= 0.6 is 23.5 Å². The number of aliphatic carboxylic acids is 1. The van der Waals surface area contributed by atoms with Crippen LogP contribution in [-0.4, -0.2) is 75.0 Å². The second-order valence-corrected chi connectivity index (χ2v) is 7.77. The van der Waals surface area contributed by atoms with Crippen molar-refractivity contribution in [3.05, 3.63) is 0 Å². The lowest BCUT2D eigenvalue weighted by Gasteiger charge is -2.32. The molecule has 2 saturated heterocycles. The third kappa shape index (κ3) is 3.01. The van der Waals surface area contributed by atoms with E-state index in [1.54, 1.807) is 16.7 Å². The fraction of sp³-hybridized carbons (Fsp3) is 0.769. The van der Waals surface area contributed by atoms with Crippen LogP contribution in [0.25, 0.3) is 0 Å². The van der Waals surface area contributed by atoms with Crippen molar-refractivity contribution in [3.63, 3.8) is 0 Å². The van der Waals surface area contributed by atoms with Gasteiger partial charge in [-0.2, -0.15) is 11.8 Å². The summed E-state index contributed by atoms with van der Waals surface area (Å²) in [5.41, 5.74) is 0. The van der Waals surface area contributed by atoms with Crippen LogP contribution < -0.4 is 0 Å². The Morgan fingerprint density at radius 2 is 1.71 bits per heavy atom. The van der Waals surface area contributed by atoms with Gasteiger partial charge < -0.3 is 14.9 Å². The molecule has 0 aromatic rings. The summed E-state index contributed by atoms with van der Waals surface area (Å²) < 4.78 is 0. The van der Waals surface area contributed by atoms with Gasteiger partial charge in [-0.1, -0.05) is 0 Å². The Kier molecular flexibility index (Phi) is 4.35. The molecule has 3 rings (SSSR count). The minimum absolute atomic E-state index is 0.0289. The first-order valence-corrected chi connectivity index (χ1v) is 9.38. The van der Waals surface area contributed by atoms with Gasteiger partial charge in [-0.05, 0) is 6.42 Å². The average molecular weight is 330 g/mol. The van der Waals surface area contributed by atoms with E-state index in [1.165, 1.54) is 0 Å². The smallest absolute Gasteiger partial charge is 0.307 e. The van der Waals surface area contributed by atoms with Gasteiger partial charge in [0.15, 0.2) is 0 Å². The summed E-state index contributed by atoms with van der Waals surface area (Å²) in [6.07, 6.45) is 0.413. The van der Waals surface area contributed by atoms with Gasteiger partial charge in [0.25, 0.3) is 0 Å². The second-order valence-electron chi connectivity index (χ2n) is 5.55. The number of carboxylic acids is 1. The maximum absolute atomic E-state index is 12.6. The van der Waals surface area contributed by atoms with Crippen LogP contribution in [0.15, 0.2) is 0 Å². The van der Waals surface area contributed by atoms with E-state index >= 15 is 0 Å². The molecule has 21 heavy (non-hydrogen) atoms. The number of carbonyl (C=O) groups excluding carboxylic acids is 2. The molecule has 0 bridgehead atoms. The molecule has 6 nitrogen and oxygen atoms in total. The van der Waals surface area contributed by atoms with Gasteiger partial charge in [-0.3, -0.25) is 14.4 Å². The summed E-state index contributed by atoms with van der Waals surface area (Å²) in [5.74, 6) is 1.01. The summed E-state index contributed by atoms with van der Waals surface area (Å²) in [6, 6.07) is -0.402. The van der Waals surface area contributed by atoms with Crippen LogP contribution in [0.5, 0.6) is 0 Å². The molecule has 0 aromatic heterocycles. The molecule has 2 heterocycles. The molecule has 3 aliphatic rings. The van der Waals surface area contributed by atoms with Gasteiger partial charge in [0.05, 0.1) is 17.7 Å². The van der Waals surface area contributed by atoms with E-state index in [-0.39, 0.29) is 11.8 Å². The topological polar surface area (TPSA) is 77.9 Å². The SMILES string of the molecule is O=C(O)C1CC1C(=O)N1CSCC1C(=O)N1CCSCC1. The Bertz CT molecular complexity index is 467. The van der Waals surface area contributed by atoms with Crippen LogP contribution in [0.1, 0.15) is 6.42 Å². The number of hydrogen-bond donors (Lipinski definition) is 1. The van der Waals surface area contributed by atoms with E-state index < -0.39 is 23.8 Å². The van der Waals surface area contributed by atoms with Gasteiger partial charge in [0.2, 0.25) is 11.8 Å². The molecule has 0 spiro atoms. The molecule has 1 N–H and O–H groups in total. The summed E-state index contributed by atoms with van der Waals surface area (Å²) >= 11 is 3.41. The van der Waals surface area contributed by atoms with Crippen LogP contribution in [0.4, 0.5) is 0 Å². The summed E-state index contributed by atoms with van der Waals surface area (Å²) in [7, 11) is 0.